The summed E-state index contributed by atoms with van der Waals surface area (Å²) in [5, 5.41) is 7.18. The minimum Gasteiger partial charge on any atom is -0.343 e. The molecule has 0 radical (unpaired) electrons. The van der Waals surface area contributed by atoms with E-state index in [1.54, 1.807) is 11.3 Å². The van der Waals surface area contributed by atoms with Gasteiger partial charge in [-0.1, -0.05) is 16.8 Å². The van der Waals surface area contributed by atoms with Gasteiger partial charge in [-0.2, -0.15) is 4.98 Å². The third kappa shape index (κ3) is 1.86. The van der Waals surface area contributed by atoms with Crippen molar-refractivity contribution in [3.63, 3.8) is 0 Å². The van der Waals surface area contributed by atoms with Gasteiger partial charge in [-0.15, -0.1) is 11.3 Å². The van der Waals surface area contributed by atoms with Crippen molar-refractivity contribution >= 4 is 22.9 Å². The molecule has 6 heteroatoms. The van der Waals surface area contributed by atoms with Crippen LogP contribution in [0.3, 0.4) is 0 Å². The highest BCUT2D eigenvalue weighted by atomic mass is 35.5. The van der Waals surface area contributed by atoms with Crippen molar-refractivity contribution < 1.29 is 4.52 Å². The fraction of sp³-hybridized carbons (Fsp3) is 0.400. The van der Waals surface area contributed by atoms with Gasteiger partial charge in [0.05, 0.1) is 10.9 Å². The Morgan fingerprint density at radius 3 is 3.38 bits per heavy atom. The quantitative estimate of drug-likeness (QED) is 0.916. The Balaban J connectivity index is 1.69. The number of rotatable bonds is 3. The van der Waals surface area contributed by atoms with Crippen LogP contribution in [-0.4, -0.2) is 10.1 Å². The van der Waals surface area contributed by atoms with Crippen molar-refractivity contribution in [2.24, 2.45) is 0 Å². The average molecular weight is 256 g/mol. The Hall–Kier alpha value is -0.910. The minimum absolute atomic E-state index is 0.372. The average Bonchev–Trinajstić information content (AvgIpc) is 2.91. The smallest absolute Gasteiger partial charge is 0.213 e. The van der Waals surface area contributed by atoms with Crippen LogP contribution in [0.15, 0.2) is 17.0 Å². The molecule has 0 amide bonds. The highest BCUT2D eigenvalue weighted by Gasteiger charge is 2.24. The molecule has 0 fully saturated rings. The van der Waals surface area contributed by atoms with E-state index in [0.717, 1.165) is 17.2 Å². The lowest BCUT2D eigenvalue weighted by atomic mass is 10.2. The summed E-state index contributed by atoms with van der Waals surface area (Å²) in [6, 6.07) is 2.43. The summed E-state index contributed by atoms with van der Waals surface area (Å²) in [7, 11) is 0. The van der Waals surface area contributed by atoms with Crippen LogP contribution in [-0.2, 0) is 13.0 Å². The van der Waals surface area contributed by atoms with E-state index in [9.17, 15) is 0 Å². The number of nitrogens with one attached hydrogen (secondary N) is 1. The fourth-order valence-corrected chi connectivity index (χ4v) is 3.38. The molecule has 1 unspecified atom stereocenters. The summed E-state index contributed by atoms with van der Waals surface area (Å²) < 4.78 is 5.55. The molecular weight excluding hydrogens is 246 g/mol. The van der Waals surface area contributed by atoms with Gasteiger partial charge in [-0.3, -0.25) is 0 Å². The number of thiophene rings is 1. The molecule has 0 aromatic carbocycles. The molecule has 1 aliphatic rings. The monoisotopic (exact) mass is 255 g/mol. The van der Waals surface area contributed by atoms with Crippen molar-refractivity contribution in [3.05, 3.63) is 33.1 Å². The molecule has 0 saturated heterocycles. The third-order valence-electron chi connectivity index (χ3n) is 2.76. The maximum absolute atomic E-state index is 5.99. The van der Waals surface area contributed by atoms with Crippen LogP contribution >= 0.6 is 22.9 Å². The first-order valence-electron chi connectivity index (χ1n) is 5.09. The summed E-state index contributed by atoms with van der Waals surface area (Å²) in [4.78, 5) is 5.37. The second-order valence-corrected chi connectivity index (χ2v) is 5.52. The van der Waals surface area contributed by atoms with Gasteiger partial charge < -0.3 is 9.84 Å². The molecule has 1 aliphatic carbocycles. The van der Waals surface area contributed by atoms with Gasteiger partial charge in [0.1, 0.15) is 0 Å². The first-order valence-corrected chi connectivity index (χ1v) is 6.29. The molecule has 84 valence electrons. The number of hydrogen-bond acceptors (Lipinski definition) is 5. The van der Waals surface area contributed by atoms with Crippen LogP contribution in [0, 0.1) is 0 Å². The molecule has 1 atom stereocenters. The maximum atomic E-state index is 5.99. The predicted octanol–water partition coefficient (Wildman–Crippen LogP) is 2.56. The molecule has 0 aliphatic heterocycles. The Morgan fingerprint density at radius 2 is 2.56 bits per heavy atom. The van der Waals surface area contributed by atoms with Crippen molar-refractivity contribution in [1.82, 2.24) is 15.5 Å². The molecule has 2 aromatic heterocycles. The Morgan fingerprint density at radius 1 is 1.62 bits per heavy atom. The van der Waals surface area contributed by atoms with Gasteiger partial charge in [-0.25, -0.2) is 0 Å². The van der Waals surface area contributed by atoms with E-state index >= 15 is 0 Å². The number of aryl methyl sites for hydroxylation is 1. The summed E-state index contributed by atoms with van der Waals surface area (Å²) in [6.45, 7) is 0.633. The van der Waals surface area contributed by atoms with E-state index in [-0.39, 0.29) is 0 Å². The topological polar surface area (TPSA) is 51.0 Å². The first kappa shape index (κ1) is 10.3. The van der Waals surface area contributed by atoms with Gasteiger partial charge in [0.25, 0.3) is 0 Å². The van der Waals surface area contributed by atoms with Crippen LogP contribution in [0.25, 0.3) is 0 Å². The molecule has 1 N–H and O–H groups in total. The zero-order valence-corrected chi connectivity index (χ0v) is 10.0. The van der Waals surface area contributed by atoms with Crippen LogP contribution in [0.2, 0.25) is 4.34 Å². The Kier molecular flexibility index (Phi) is 2.67. The van der Waals surface area contributed by atoms with E-state index in [1.165, 1.54) is 16.8 Å². The zero-order chi connectivity index (χ0) is 11.0. The van der Waals surface area contributed by atoms with Crippen LogP contribution in [0.5, 0.6) is 0 Å². The highest BCUT2D eigenvalue weighted by Crippen LogP contribution is 2.39. The van der Waals surface area contributed by atoms with Crippen molar-refractivity contribution in [3.8, 4) is 0 Å². The second kappa shape index (κ2) is 4.16. The third-order valence-corrected chi connectivity index (χ3v) is 4.10. The lowest BCUT2D eigenvalue weighted by molar-refractivity contribution is 0.403. The molecular formula is C10H10ClN3OS. The first-order chi connectivity index (χ1) is 7.83. The van der Waals surface area contributed by atoms with Crippen LogP contribution in [0.1, 0.15) is 28.7 Å². The van der Waals surface area contributed by atoms with Crippen LogP contribution < -0.4 is 5.32 Å². The standard InChI is InChI=1S/C10H10ClN3OS/c11-9-3-6-7(1-2-8(6)16-9)12-4-10-13-5-15-14-10/h3,5,7,12H,1-2,4H2. The molecule has 2 heterocycles. The van der Waals surface area contributed by atoms with Crippen LogP contribution in [0.4, 0.5) is 0 Å². The van der Waals surface area contributed by atoms with E-state index < -0.39 is 0 Å². The maximum Gasteiger partial charge on any atom is 0.213 e. The zero-order valence-electron chi connectivity index (χ0n) is 8.44. The normalized spacial score (nSPS) is 18.9. The van der Waals surface area contributed by atoms with Crippen molar-refractivity contribution in [2.75, 3.05) is 0 Å². The molecule has 4 nitrogen and oxygen atoms in total. The summed E-state index contributed by atoms with van der Waals surface area (Å²) in [6.07, 6.45) is 3.57. The van der Waals surface area contributed by atoms with Gasteiger partial charge in [0, 0.05) is 10.9 Å². The Labute approximate surface area is 102 Å². The van der Waals surface area contributed by atoms with Crippen molar-refractivity contribution in [1.29, 1.82) is 0 Å². The van der Waals surface area contributed by atoms with Gasteiger partial charge in [0.15, 0.2) is 5.82 Å². The number of fused-ring (bicyclic) bond motifs is 1. The van der Waals surface area contributed by atoms with E-state index in [0.29, 0.717) is 18.4 Å². The number of aromatic nitrogens is 2. The number of nitrogens with zero attached hydrogens (tertiary/aromatic N) is 2. The predicted molar refractivity (Wildman–Crippen MR) is 61.5 cm³/mol. The lowest BCUT2D eigenvalue weighted by Gasteiger charge is -2.10. The molecule has 16 heavy (non-hydrogen) atoms. The molecule has 0 spiro atoms. The van der Waals surface area contributed by atoms with E-state index in [4.69, 9.17) is 11.6 Å². The summed E-state index contributed by atoms with van der Waals surface area (Å²) in [5.41, 5.74) is 1.33. The number of hydrogen-bond donors (Lipinski definition) is 1. The highest BCUT2D eigenvalue weighted by molar-refractivity contribution is 7.16. The lowest BCUT2D eigenvalue weighted by Crippen LogP contribution is -2.19. The minimum atomic E-state index is 0.372. The molecule has 0 bridgehead atoms. The van der Waals surface area contributed by atoms with E-state index in [2.05, 4.69) is 26.0 Å². The summed E-state index contributed by atoms with van der Waals surface area (Å²) in [5.74, 6) is 0.690. The number of halogens is 1. The molecule has 2 aromatic rings. The largest absolute Gasteiger partial charge is 0.343 e. The summed E-state index contributed by atoms with van der Waals surface area (Å²) >= 11 is 7.67. The van der Waals surface area contributed by atoms with Gasteiger partial charge >= 0.3 is 0 Å². The fourth-order valence-electron chi connectivity index (χ4n) is 2.03. The van der Waals surface area contributed by atoms with Gasteiger partial charge in [0.2, 0.25) is 6.39 Å². The van der Waals surface area contributed by atoms with Gasteiger partial charge in [-0.05, 0) is 24.5 Å². The van der Waals surface area contributed by atoms with Crippen molar-refractivity contribution in [2.45, 2.75) is 25.4 Å². The SMILES string of the molecule is Clc1cc2c(s1)CCC2NCc1ncon1. The van der Waals surface area contributed by atoms with E-state index in [1.807, 2.05) is 0 Å². The molecule has 3 rings (SSSR count). The molecule has 0 saturated carbocycles. The Bertz CT molecular complexity index is 482. The second-order valence-electron chi connectivity index (χ2n) is 3.75.